The van der Waals surface area contributed by atoms with Gasteiger partial charge in [-0.1, -0.05) is 17.4 Å². The second kappa shape index (κ2) is 8.59. The summed E-state index contributed by atoms with van der Waals surface area (Å²) in [4.78, 5) is 39.7. The number of piperidine rings is 1. The molecule has 2 aliphatic carbocycles. The molecule has 1 aromatic carbocycles. The van der Waals surface area contributed by atoms with Crippen LogP contribution in [0.5, 0.6) is 0 Å². The van der Waals surface area contributed by atoms with Crippen LogP contribution in [0.1, 0.15) is 47.8 Å². The van der Waals surface area contributed by atoms with E-state index in [1.165, 1.54) is 11.3 Å². The van der Waals surface area contributed by atoms with Crippen molar-refractivity contribution in [3.63, 3.8) is 0 Å². The fraction of sp³-hybridized carbons (Fsp3) is 0.429. The molecule has 2 amide bonds. The van der Waals surface area contributed by atoms with E-state index in [1.54, 1.807) is 11.0 Å². The molecule has 2 aliphatic heterocycles. The number of anilines is 3. The topological polar surface area (TPSA) is 113 Å². The van der Waals surface area contributed by atoms with Gasteiger partial charge in [0.05, 0.1) is 21.0 Å². The van der Waals surface area contributed by atoms with Gasteiger partial charge in [0, 0.05) is 31.3 Å². The first-order valence-electron chi connectivity index (χ1n) is 13.3. The van der Waals surface area contributed by atoms with Crippen LogP contribution in [0.2, 0.25) is 0 Å². The number of aromatic nitrogens is 2. The summed E-state index contributed by atoms with van der Waals surface area (Å²) in [6.07, 6.45) is 4.36. The quantitative estimate of drug-likeness (QED) is 0.453. The molecule has 0 radical (unpaired) electrons. The van der Waals surface area contributed by atoms with Crippen molar-refractivity contribution < 1.29 is 18.0 Å². The molecule has 3 fully saturated rings. The van der Waals surface area contributed by atoms with Gasteiger partial charge in [-0.3, -0.25) is 14.5 Å². The number of carbonyl (C=O) groups is 2. The van der Waals surface area contributed by atoms with Crippen molar-refractivity contribution in [2.45, 2.75) is 50.6 Å². The first kappa shape index (κ1) is 24.7. The van der Waals surface area contributed by atoms with Crippen molar-refractivity contribution in [2.75, 3.05) is 23.0 Å². The number of fused-ring (bicyclic) bond motifs is 2. The number of sulfone groups is 1. The third-order valence-corrected chi connectivity index (χ3v) is 10.7. The van der Waals surface area contributed by atoms with Crippen molar-refractivity contribution in [1.29, 1.82) is 0 Å². The lowest BCUT2D eigenvalue weighted by molar-refractivity contribution is -0.118. The Balaban J connectivity index is 1.19. The molecule has 39 heavy (non-hydrogen) atoms. The molecule has 202 valence electrons. The van der Waals surface area contributed by atoms with E-state index >= 15 is 0 Å². The number of rotatable bonds is 7. The van der Waals surface area contributed by atoms with Crippen molar-refractivity contribution >= 4 is 49.8 Å². The highest BCUT2D eigenvalue weighted by molar-refractivity contribution is 7.90. The summed E-state index contributed by atoms with van der Waals surface area (Å²) in [5, 5.41) is 3.87. The summed E-state index contributed by atoms with van der Waals surface area (Å²) in [6, 6.07) is 9.19. The molecule has 4 heterocycles. The molecule has 1 saturated heterocycles. The number of benzene rings is 1. The van der Waals surface area contributed by atoms with E-state index in [1.807, 2.05) is 36.1 Å². The first-order valence-corrected chi connectivity index (χ1v) is 16.0. The molecular weight excluding hydrogens is 534 g/mol. The Morgan fingerprint density at radius 1 is 1.15 bits per heavy atom. The Labute approximate surface area is 231 Å². The highest BCUT2D eigenvalue weighted by Crippen LogP contribution is 2.47. The number of carbonyl (C=O) groups excluding carboxylic acids is 2. The summed E-state index contributed by atoms with van der Waals surface area (Å²) in [5.74, 6) is 2.29. The van der Waals surface area contributed by atoms with E-state index in [2.05, 4.69) is 22.2 Å². The molecule has 7 rings (SSSR count). The molecule has 1 N–H and O–H groups in total. The fourth-order valence-corrected chi connectivity index (χ4v) is 7.87. The molecule has 4 aliphatic rings. The van der Waals surface area contributed by atoms with Crippen LogP contribution in [0.4, 0.5) is 16.8 Å². The summed E-state index contributed by atoms with van der Waals surface area (Å²) in [6.45, 7) is 5.08. The van der Waals surface area contributed by atoms with Gasteiger partial charge in [-0.15, -0.1) is 0 Å². The van der Waals surface area contributed by atoms with Crippen molar-refractivity contribution in [1.82, 2.24) is 14.9 Å². The lowest BCUT2D eigenvalue weighted by atomic mass is 10.0. The van der Waals surface area contributed by atoms with Gasteiger partial charge in [0.2, 0.25) is 5.91 Å². The number of hydrogen-bond acceptors (Lipinski definition) is 8. The van der Waals surface area contributed by atoms with Gasteiger partial charge in [0.15, 0.2) is 15.0 Å². The van der Waals surface area contributed by atoms with Gasteiger partial charge in [0.1, 0.15) is 11.6 Å². The highest BCUT2D eigenvalue weighted by Gasteiger charge is 2.52. The van der Waals surface area contributed by atoms with Gasteiger partial charge in [-0.05, 0) is 80.3 Å². The van der Waals surface area contributed by atoms with Crippen molar-refractivity contribution in [3.05, 3.63) is 47.2 Å². The molecular formula is C28H29N5O4S2. The van der Waals surface area contributed by atoms with Crippen LogP contribution in [0.3, 0.4) is 0 Å². The Hall–Kier alpha value is -3.31. The number of amides is 2. The Bertz CT molecular complexity index is 1660. The van der Waals surface area contributed by atoms with Crippen LogP contribution in [0.25, 0.3) is 10.4 Å². The predicted octanol–water partition coefficient (Wildman–Crippen LogP) is 4.40. The van der Waals surface area contributed by atoms with Gasteiger partial charge in [-0.25, -0.2) is 18.4 Å². The minimum Gasteiger partial charge on any atom is -0.331 e. The highest BCUT2D eigenvalue weighted by atomic mass is 32.2. The monoisotopic (exact) mass is 563 g/mol. The Morgan fingerprint density at radius 3 is 2.64 bits per heavy atom. The molecule has 0 spiro atoms. The molecule has 0 bridgehead atoms. The maximum Gasteiger partial charge on any atom is 0.256 e. The van der Waals surface area contributed by atoms with Crippen LogP contribution in [0.15, 0.2) is 35.2 Å². The Morgan fingerprint density at radius 2 is 1.95 bits per heavy atom. The average Bonchev–Trinajstić information content (AvgIpc) is 3.79. The van der Waals surface area contributed by atoms with Crippen LogP contribution in [-0.4, -0.2) is 53.9 Å². The predicted molar refractivity (Wildman–Crippen MR) is 149 cm³/mol. The van der Waals surface area contributed by atoms with Gasteiger partial charge < -0.3 is 10.2 Å². The van der Waals surface area contributed by atoms with E-state index in [0.717, 1.165) is 53.8 Å². The van der Waals surface area contributed by atoms with Crippen LogP contribution < -0.4 is 10.2 Å². The lowest BCUT2D eigenvalue weighted by Crippen LogP contribution is -2.35. The minimum atomic E-state index is -3.64. The standard InChI is InChI=1S/C28H29N5O4S2/c1-14-25(38-28(29-14)31-22-5-4-6-23(30-22)33-12-18-10-20(18)26(33)34)17-9-19-13-32(15(2)16-7-8-16)27(35)24(19)21(11-17)39(3,36)37/h4-6,9,11,15-16,18,20H,7-8,10,12-13H2,1-3H3,(H,29,30,31)/t15-,18?,20?/m0/s1. The summed E-state index contributed by atoms with van der Waals surface area (Å²) in [5.41, 5.74) is 2.54. The molecule has 2 saturated carbocycles. The molecule has 3 aromatic rings. The van der Waals surface area contributed by atoms with E-state index in [0.29, 0.717) is 40.7 Å². The number of thiazole rings is 1. The zero-order valence-corrected chi connectivity index (χ0v) is 23.6. The number of aryl methyl sites for hydroxylation is 1. The molecule has 9 nitrogen and oxygen atoms in total. The second-order valence-electron chi connectivity index (χ2n) is 11.3. The third kappa shape index (κ3) is 4.22. The van der Waals surface area contributed by atoms with E-state index in [9.17, 15) is 18.0 Å². The molecule has 3 atom stereocenters. The minimum absolute atomic E-state index is 0.0792. The van der Waals surface area contributed by atoms with Crippen LogP contribution >= 0.6 is 11.3 Å². The number of pyridine rings is 1. The number of hydrogen-bond donors (Lipinski definition) is 1. The molecule has 11 heteroatoms. The van der Waals surface area contributed by atoms with Crippen molar-refractivity contribution in [2.24, 2.45) is 17.8 Å². The third-order valence-electron chi connectivity index (χ3n) is 8.42. The van der Waals surface area contributed by atoms with Gasteiger partial charge in [-0.2, -0.15) is 0 Å². The Kier molecular flexibility index (Phi) is 5.44. The number of nitrogens with one attached hydrogen (secondary N) is 1. The normalized spacial score (nSPS) is 22.7. The number of nitrogens with zero attached hydrogens (tertiary/aromatic N) is 4. The van der Waals surface area contributed by atoms with Crippen LogP contribution in [-0.2, 0) is 21.2 Å². The van der Waals surface area contributed by atoms with Gasteiger partial charge >= 0.3 is 0 Å². The first-order chi connectivity index (χ1) is 18.6. The van der Waals surface area contributed by atoms with E-state index in [-0.39, 0.29) is 28.7 Å². The van der Waals surface area contributed by atoms with Crippen molar-refractivity contribution in [3.8, 4) is 10.4 Å². The zero-order valence-electron chi connectivity index (χ0n) is 22.0. The SMILES string of the molecule is Cc1nc(Nc2cccc(N3CC4CC4C3=O)n2)sc1-c1cc2c(c(S(C)(=O)=O)c1)C(=O)N([C@@H](C)C1CC1)C2. The molecule has 2 aromatic heterocycles. The summed E-state index contributed by atoms with van der Waals surface area (Å²) < 4.78 is 25.7. The van der Waals surface area contributed by atoms with E-state index < -0.39 is 9.84 Å². The largest absolute Gasteiger partial charge is 0.331 e. The smallest absolute Gasteiger partial charge is 0.256 e. The maximum absolute atomic E-state index is 13.3. The summed E-state index contributed by atoms with van der Waals surface area (Å²) in [7, 11) is -3.64. The fourth-order valence-electron chi connectivity index (χ4n) is 5.98. The van der Waals surface area contributed by atoms with Gasteiger partial charge in [0.25, 0.3) is 5.91 Å². The molecule has 2 unspecified atom stereocenters. The maximum atomic E-state index is 13.3. The average molecular weight is 564 g/mol. The summed E-state index contributed by atoms with van der Waals surface area (Å²) >= 11 is 1.41. The van der Waals surface area contributed by atoms with Crippen LogP contribution in [0, 0.1) is 24.7 Å². The van der Waals surface area contributed by atoms with E-state index in [4.69, 9.17) is 0 Å². The lowest BCUT2D eigenvalue weighted by Gasteiger charge is -2.24. The second-order valence-corrected chi connectivity index (χ2v) is 14.3. The zero-order chi connectivity index (χ0) is 27.2.